The van der Waals surface area contributed by atoms with Gasteiger partial charge in [0, 0.05) is 43.5 Å². The summed E-state index contributed by atoms with van der Waals surface area (Å²) in [6.07, 6.45) is 6.66. The van der Waals surface area contributed by atoms with E-state index in [1.807, 2.05) is 18.2 Å². The van der Waals surface area contributed by atoms with Crippen LogP contribution in [0.3, 0.4) is 0 Å². The summed E-state index contributed by atoms with van der Waals surface area (Å²) in [4.78, 5) is 35.0. The fraction of sp³-hybridized carbons (Fsp3) is 0.364. The maximum absolute atomic E-state index is 13.0. The molecule has 4 rings (SSSR count). The lowest BCUT2D eigenvalue weighted by Crippen LogP contribution is -2.29. The smallest absolute Gasteiger partial charge is 0.262 e. The summed E-state index contributed by atoms with van der Waals surface area (Å²) in [6.45, 7) is 0.563. The number of likely N-dealkylation sites (N-methyl/N-ethyl adjacent to an activating group) is 1. The van der Waals surface area contributed by atoms with Gasteiger partial charge in [0.25, 0.3) is 11.5 Å². The summed E-state index contributed by atoms with van der Waals surface area (Å²) >= 11 is 5.46. The number of hydrogen-bond acceptors (Lipinski definition) is 4. The van der Waals surface area contributed by atoms with Crippen LogP contribution in [0.1, 0.15) is 47.8 Å². The van der Waals surface area contributed by atoms with Crippen LogP contribution in [0.5, 0.6) is 0 Å². The Morgan fingerprint density at radius 1 is 1.28 bits per heavy atom. The van der Waals surface area contributed by atoms with E-state index in [1.54, 1.807) is 40.9 Å². The normalized spacial score (nSPS) is 14.4. The second-order valence-corrected chi connectivity index (χ2v) is 7.99. The zero-order valence-corrected chi connectivity index (χ0v) is 17.2. The van der Waals surface area contributed by atoms with Gasteiger partial charge >= 0.3 is 0 Å². The second kappa shape index (κ2) is 8.29. The highest BCUT2D eigenvalue weighted by molar-refractivity contribution is 7.71. The van der Waals surface area contributed by atoms with Crippen molar-refractivity contribution in [2.75, 3.05) is 13.6 Å². The molecular weight excluding hydrogens is 384 g/mol. The van der Waals surface area contributed by atoms with E-state index in [4.69, 9.17) is 12.2 Å². The number of fused-ring (bicyclic) bond motifs is 1. The maximum Gasteiger partial charge on any atom is 0.262 e. The van der Waals surface area contributed by atoms with E-state index < -0.39 is 0 Å². The summed E-state index contributed by atoms with van der Waals surface area (Å²) in [5.74, 6) is -0.0953. The number of carbonyl (C=O) groups excluding carboxylic acids is 1. The topological polar surface area (TPSA) is 71.0 Å². The van der Waals surface area contributed by atoms with Crippen molar-refractivity contribution in [3.8, 4) is 0 Å². The third-order valence-electron chi connectivity index (χ3n) is 5.64. The van der Waals surface area contributed by atoms with Gasteiger partial charge in [0.1, 0.15) is 0 Å². The molecule has 0 unspecified atom stereocenters. The third kappa shape index (κ3) is 4.00. The maximum atomic E-state index is 13.0. The van der Waals surface area contributed by atoms with Crippen LogP contribution >= 0.6 is 12.2 Å². The lowest BCUT2D eigenvalue weighted by atomic mass is 10.1. The van der Waals surface area contributed by atoms with Gasteiger partial charge in [-0.1, -0.05) is 18.9 Å². The molecule has 1 saturated carbocycles. The van der Waals surface area contributed by atoms with Crippen LogP contribution < -0.4 is 5.56 Å². The first-order valence-corrected chi connectivity index (χ1v) is 10.4. The van der Waals surface area contributed by atoms with Gasteiger partial charge in [-0.15, -0.1) is 0 Å². The standard InChI is InChI=1S/C22H24N4O2S/c1-25(13-11-16-6-4-5-12-23-16)20(27)15-9-10-18-19(14-15)24-22(29)26(21(18)28)17-7-2-3-8-17/h4-6,9-10,12,14,17H,2-3,7-8,11,13H2,1H3,(H,24,29). The number of carbonyl (C=O) groups is 1. The fourth-order valence-corrected chi connectivity index (χ4v) is 4.35. The highest BCUT2D eigenvalue weighted by atomic mass is 32.1. The molecule has 0 saturated heterocycles. The molecule has 2 aromatic heterocycles. The largest absolute Gasteiger partial charge is 0.341 e. The van der Waals surface area contributed by atoms with Crippen molar-refractivity contribution in [2.24, 2.45) is 0 Å². The van der Waals surface area contributed by atoms with Crippen molar-refractivity contribution in [1.29, 1.82) is 0 Å². The molecule has 1 aliphatic rings. The lowest BCUT2D eigenvalue weighted by molar-refractivity contribution is 0.0796. The first-order chi connectivity index (χ1) is 14.0. The molecule has 1 N–H and O–H groups in total. The molecule has 7 heteroatoms. The Balaban J connectivity index is 1.58. The average molecular weight is 409 g/mol. The molecule has 6 nitrogen and oxygen atoms in total. The van der Waals surface area contributed by atoms with Gasteiger partial charge in [-0.3, -0.25) is 19.1 Å². The van der Waals surface area contributed by atoms with Gasteiger partial charge in [0.2, 0.25) is 0 Å². The molecule has 1 fully saturated rings. The minimum absolute atomic E-state index is 0.0712. The van der Waals surface area contributed by atoms with Crippen molar-refractivity contribution in [1.82, 2.24) is 19.4 Å². The van der Waals surface area contributed by atoms with E-state index in [0.29, 0.717) is 34.2 Å². The summed E-state index contributed by atoms with van der Waals surface area (Å²) in [6, 6.07) is 11.1. The average Bonchev–Trinajstić information content (AvgIpc) is 3.26. The Hall–Kier alpha value is -2.80. The predicted molar refractivity (Wildman–Crippen MR) is 116 cm³/mol. The number of nitrogens with one attached hydrogen (secondary N) is 1. The van der Waals surface area contributed by atoms with Gasteiger partial charge in [-0.25, -0.2) is 0 Å². The van der Waals surface area contributed by atoms with Crippen molar-refractivity contribution in [3.05, 3.63) is 69.0 Å². The van der Waals surface area contributed by atoms with Crippen LogP contribution in [0.15, 0.2) is 47.4 Å². The Labute approximate surface area is 174 Å². The molecular formula is C22H24N4O2S. The van der Waals surface area contributed by atoms with E-state index in [9.17, 15) is 9.59 Å². The van der Waals surface area contributed by atoms with Gasteiger partial charge in [-0.2, -0.15) is 0 Å². The van der Waals surface area contributed by atoms with Crippen LogP contribution in [0, 0.1) is 4.77 Å². The molecule has 2 heterocycles. The predicted octanol–water partition coefficient (Wildman–Crippen LogP) is 3.88. The Morgan fingerprint density at radius 2 is 2.07 bits per heavy atom. The van der Waals surface area contributed by atoms with E-state index >= 15 is 0 Å². The Morgan fingerprint density at radius 3 is 2.79 bits per heavy atom. The van der Waals surface area contributed by atoms with Gasteiger partial charge < -0.3 is 9.88 Å². The van der Waals surface area contributed by atoms with Crippen LogP contribution in [-0.4, -0.2) is 38.9 Å². The number of amides is 1. The van der Waals surface area contributed by atoms with Crippen LogP contribution in [0.4, 0.5) is 0 Å². The molecule has 3 aromatic rings. The van der Waals surface area contributed by atoms with Crippen LogP contribution in [0.2, 0.25) is 0 Å². The van der Waals surface area contributed by atoms with Gasteiger partial charge in [0.15, 0.2) is 4.77 Å². The van der Waals surface area contributed by atoms with Crippen molar-refractivity contribution < 1.29 is 4.79 Å². The summed E-state index contributed by atoms with van der Waals surface area (Å²) < 4.78 is 2.15. The number of hydrogen-bond donors (Lipinski definition) is 1. The first-order valence-electron chi connectivity index (χ1n) is 9.98. The number of aromatic amines is 1. The Bertz CT molecular complexity index is 1150. The molecule has 0 bridgehead atoms. The minimum atomic E-state index is -0.0953. The highest BCUT2D eigenvalue weighted by Crippen LogP contribution is 2.28. The zero-order chi connectivity index (χ0) is 20.4. The van der Waals surface area contributed by atoms with Gasteiger partial charge in [-0.05, 0) is 55.4 Å². The molecule has 29 heavy (non-hydrogen) atoms. The quantitative estimate of drug-likeness (QED) is 0.651. The second-order valence-electron chi connectivity index (χ2n) is 7.60. The van der Waals surface area contributed by atoms with Gasteiger partial charge in [0.05, 0.1) is 10.9 Å². The molecule has 0 spiro atoms. The molecule has 1 aromatic carbocycles. The fourth-order valence-electron chi connectivity index (χ4n) is 4.01. The van der Waals surface area contributed by atoms with E-state index in [0.717, 1.165) is 31.4 Å². The number of H-pyrrole nitrogens is 1. The lowest BCUT2D eigenvalue weighted by Gasteiger charge is -2.18. The highest BCUT2D eigenvalue weighted by Gasteiger charge is 2.21. The summed E-state index contributed by atoms with van der Waals surface area (Å²) in [7, 11) is 1.77. The van der Waals surface area contributed by atoms with Crippen LogP contribution in [0.25, 0.3) is 10.9 Å². The number of aromatic nitrogens is 3. The number of rotatable bonds is 5. The first kappa shape index (κ1) is 19.5. The summed E-state index contributed by atoms with van der Waals surface area (Å²) in [5.41, 5.74) is 2.02. The number of pyridine rings is 1. The van der Waals surface area contributed by atoms with E-state index in [2.05, 4.69) is 9.97 Å². The van der Waals surface area contributed by atoms with Crippen LogP contribution in [-0.2, 0) is 6.42 Å². The number of benzene rings is 1. The molecule has 150 valence electrons. The van der Waals surface area contributed by atoms with Crippen molar-refractivity contribution >= 4 is 29.0 Å². The van der Waals surface area contributed by atoms with Crippen molar-refractivity contribution in [2.45, 2.75) is 38.1 Å². The number of nitrogens with zero attached hydrogens (tertiary/aromatic N) is 3. The monoisotopic (exact) mass is 408 g/mol. The van der Waals surface area contributed by atoms with Crippen molar-refractivity contribution in [3.63, 3.8) is 0 Å². The molecule has 0 aliphatic heterocycles. The van der Waals surface area contributed by atoms with E-state index in [-0.39, 0.29) is 17.5 Å². The minimum Gasteiger partial charge on any atom is -0.341 e. The SMILES string of the molecule is CN(CCc1ccccn1)C(=O)c1ccc2c(=O)n(C3CCCC3)c(=S)[nH]c2c1. The summed E-state index contributed by atoms with van der Waals surface area (Å²) in [5, 5.41) is 0.568. The third-order valence-corrected chi connectivity index (χ3v) is 5.94. The molecule has 1 aliphatic carbocycles. The molecule has 0 radical (unpaired) electrons. The zero-order valence-electron chi connectivity index (χ0n) is 16.4. The van der Waals surface area contributed by atoms with E-state index in [1.165, 1.54) is 0 Å². The Kier molecular flexibility index (Phi) is 5.58. The molecule has 1 amide bonds. The molecule has 0 atom stereocenters.